The molecule has 0 aliphatic heterocycles. The molecule has 0 amide bonds. The molecule has 0 aliphatic rings. The SMILES string of the molecule is COCc1cccc(Oc2nc(C)ccc2CN)c1. The fraction of sp³-hybridized carbons (Fsp3) is 0.267. The summed E-state index contributed by atoms with van der Waals surface area (Å²) in [6.45, 7) is 2.89. The van der Waals surface area contributed by atoms with Gasteiger partial charge in [0.1, 0.15) is 5.75 Å². The Labute approximate surface area is 113 Å². The molecule has 0 saturated carbocycles. The third-order valence-corrected chi connectivity index (χ3v) is 2.72. The monoisotopic (exact) mass is 258 g/mol. The van der Waals surface area contributed by atoms with Gasteiger partial charge in [0.15, 0.2) is 0 Å². The third-order valence-electron chi connectivity index (χ3n) is 2.72. The number of pyridine rings is 1. The van der Waals surface area contributed by atoms with Crippen molar-refractivity contribution >= 4 is 0 Å². The van der Waals surface area contributed by atoms with E-state index >= 15 is 0 Å². The Morgan fingerprint density at radius 3 is 2.79 bits per heavy atom. The highest BCUT2D eigenvalue weighted by molar-refractivity contribution is 5.35. The van der Waals surface area contributed by atoms with Crippen molar-refractivity contribution in [2.75, 3.05) is 7.11 Å². The van der Waals surface area contributed by atoms with E-state index in [-0.39, 0.29) is 0 Å². The van der Waals surface area contributed by atoms with Crippen LogP contribution in [0.3, 0.4) is 0 Å². The molecule has 0 unspecified atom stereocenters. The molecule has 1 aromatic heterocycles. The molecule has 19 heavy (non-hydrogen) atoms. The molecular weight excluding hydrogens is 240 g/mol. The van der Waals surface area contributed by atoms with E-state index in [0.29, 0.717) is 19.0 Å². The number of methoxy groups -OCH3 is 1. The van der Waals surface area contributed by atoms with Gasteiger partial charge in [-0.25, -0.2) is 4.98 Å². The van der Waals surface area contributed by atoms with E-state index in [0.717, 1.165) is 22.6 Å². The Kier molecular flexibility index (Phi) is 4.49. The van der Waals surface area contributed by atoms with Crippen LogP contribution in [0.5, 0.6) is 11.6 Å². The van der Waals surface area contributed by atoms with Crippen molar-refractivity contribution in [3.63, 3.8) is 0 Å². The van der Waals surface area contributed by atoms with Crippen molar-refractivity contribution in [1.82, 2.24) is 4.98 Å². The zero-order valence-corrected chi connectivity index (χ0v) is 11.2. The molecule has 2 N–H and O–H groups in total. The minimum atomic E-state index is 0.403. The first-order valence-electron chi connectivity index (χ1n) is 6.15. The molecule has 2 rings (SSSR count). The molecular formula is C15H18N2O2. The van der Waals surface area contributed by atoms with Crippen LogP contribution in [-0.4, -0.2) is 12.1 Å². The molecule has 100 valence electrons. The fourth-order valence-corrected chi connectivity index (χ4v) is 1.78. The molecule has 0 radical (unpaired) electrons. The maximum Gasteiger partial charge on any atom is 0.223 e. The summed E-state index contributed by atoms with van der Waals surface area (Å²) >= 11 is 0. The highest BCUT2D eigenvalue weighted by Crippen LogP contribution is 2.24. The lowest BCUT2D eigenvalue weighted by molar-refractivity contribution is 0.184. The number of aryl methyl sites for hydroxylation is 1. The molecule has 0 atom stereocenters. The summed E-state index contributed by atoms with van der Waals surface area (Å²) in [4.78, 5) is 4.38. The van der Waals surface area contributed by atoms with Gasteiger partial charge in [-0.1, -0.05) is 18.2 Å². The molecule has 1 heterocycles. The molecule has 0 spiro atoms. The first kappa shape index (κ1) is 13.5. The van der Waals surface area contributed by atoms with Gasteiger partial charge in [-0.15, -0.1) is 0 Å². The van der Waals surface area contributed by atoms with E-state index in [1.807, 2.05) is 43.3 Å². The van der Waals surface area contributed by atoms with Gasteiger partial charge in [0.05, 0.1) is 6.61 Å². The number of benzene rings is 1. The van der Waals surface area contributed by atoms with E-state index in [1.54, 1.807) is 7.11 Å². The fourth-order valence-electron chi connectivity index (χ4n) is 1.78. The van der Waals surface area contributed by atoms with Crippen molar-refractivity contribution in [3.05, 3.63) is 53.2 Å². The molecule has 0 aliphatic carbocycles. The number of hydrogen-bond donors (Lipinski definition) is 1. The average Bonchev–Trinajstić information content (AvgIpc) is 2.40. The maximum atomic E-state index is 5.82. The van der Waals surface area contributed by atoms with Crippen LogP contribution in [0, 0.1) is 6.92 Å². The van der Waals surface area contributed by atoms with Crippen LogP contribution >= 0.6 is 0 Å². The Balaban J connectivity index is 2.25. The van der Waals surface area contributed by atoms with Crippen LogP contribution in [0.15, 0.2) is 36.4 Å². The van der Waals surface area contributed by atoms with Crippen LogP contribution in [0.2, 0.25) is 0 Å². The smallest absolute Gasteiger partial charge is 0.223 e. The van der Waals surface area contributed by atoms with Gasteiger partial charge >= 0.3 is 0 Å². The molecule has 0 saturated heterocycles. The first-order chi connectivity index (χ1) is 9.22. The maximum absolute atomic E-state index is 5.82. The topological polar surface area (TPSA) is 57.4 Å². The second kappa shape index (κ2) is 6.31. The molecule has 0 fully saturated rings. The quantitative estimate of drug-likeness (QED) is 0.896. The summed E-state index contributed by atoms with van der Waals surface area (Å²) in [6, 6.07) is 11.6. The summed E-state index contributed by atoms with van der Waals surface area (Å²) in [5.74, 6) is 1.31. The van der Waals surface area contributed by atoms with Gasteiger partial charge in [0.25, 0.3) is 0 Å². The van der Waals surface area contributed by atoms with Gasteiger partial charge in [0.2, 0.25) is 5.88 Å². The zero-order chi connectivity index (χ0) is 13.7. The van der Waals surface area contributed by atoms with Crippen molar-refractivity contribution < 1.29 is 9.47 Å². The zero-order valence-electron chi connectivity index (χ0n) is 11.2. The number of ether oxygens (including phenoxy) is 2. The Morgan fingerprint density at radius 1 is 1.21 bits per heavy atom. The van der Waals surface area contributed by atoms with E-state index in [2.05, 4.69) is 4.98 Å². The Bertz CT molecular complexity index is 556. The number of rotatable bonds is 5. The molecule has 4 nitrogen and oxygen atoms in total. The highest BCUT2D eigenvalue weighted by atomic mass is 16.5. The Hall–Kier alpha value is -1.91. The lowest BCUT2D eigenvalue weighted by atomic mass is 10.2. The number of aromatic nitrogens is 1. The number of nitrogens with two attached hydrogens (primary N) is 1. The summed E-state index contributed by atoms with van der Waals surface area (Å²) in [5, 5.41) is 0. The third kappa shape index (κ3) is 3.53. The van der Waals surface area contributed by atoms with E-state index < -0.39 is 0 Å². The van der Waals surface area contributed by atoms with Crippen molar-refractivity contribution in [2.24, 2.45) is 5.73 Å². The summed E-state index contributed by atoms with van der Waals surface area (Å²) in [5.41, 5.74) is 8.54. The van der Waals surface area contributed by atoms with Gasteiger partial charge in [-0.05, 0) is 30.7 Å². The molecule has 2 aromatic rings. The summed E-state index contributed by atoms with van der Waals surface area (Å²) < 4.78 is 10.9. The Morgan fingerprint density at radius 2 is 2.05 bits per heavy atom. The van der Waals surface area contributed by atoms with Gasteiger partial charge in [0, 0.05) is 24.9 Å². The summed E-state index contributed by atoms with van der Waals surface area (Å²) in [6.07, 6.45) is 0. The lowest BCUT2D eigenvalue weighted by Gasteiger charge is -2.10. The lowest BCUT2D eigenvalue weighted by Crippen LogP contribution is -2.02. The summed E-state index contributed by atoms with van der Waals surface area (Å²) in [7, 11) is 1.67. The van der Waals surface area contributed by atoms with Crippen LogP contribution in [0.4, 0.5) is 0 Å². The minimum absolute atomic E-state index is 0.403. The van der Waals surface area contributed by atoms with Crippen LogP contribution < -0.4 is 10.5 Å². The number of hydrogen-bond acceptors (Lipinski definition) is 4. The predicted molar refractivity (Wildman–Crippen MR) is 74.1 cm³/mol. The number of nitrogens with zero attached hydrogens (tertiary/aromatic N) is 1. The molecule has 1 aromatic carbocycles. The van der Waals surface area contributed by atoms with Crippen LogP contribution in [-0.2, 0) is 17.9 Å². The van der Waals surface area contributed by atoms with Crippen molar-refractivity contribution in [2.45, 2.75) is 20.1 Å². The molecule has 4 heteroatoms. The molecule has 0 bridgehead atoms. The average molecular weight is 258 g/mol. The first-order valence-corrected chi connectivity index (χ1v) is 6.15. The van der Waals surface area contributed by atoms with E-state index in [1.165, 1.54) is 0 Å². The second-order valence-corrected chi connectivity index (χ2v) is 4.30. The van der Waals surface area contributed by atoms with Gasteiger partial charge < -0.3 is 15.2 Å². The van der Waals surface area contributed by atoms with Crippen LogP contribution in [0.1, 0.15) is 16.8 Å². The van der Waals surface area contributed by atoms with E-state index in [9.17, 15) is 0 Å². The largest absolute Gasteiger partial charge is 0.439 e. The van der Waals surface area contributed by atoms with Crippen LogP contribution in [0.25, 0.3) is 0 Å². The van der Waals surface area contributed by atoms with Crippen molar-refractivity contribution in [3.8, 4) is 11.6 Å². The standard InChI is InChI=1S/C15H18N2O2/c1-11-6-7-13(9-16)15(17-11)19-14-5-3-4-12(8-14)10-18-2/h3-8H,9-10,16H2,1-2H3. The highest BCUT2D eigenvalue weighted by Gasteiger charge is 2.06. The van der Waals surface area contributed by atoms with Gasteiger partial charge in [-0.3, -0.25) is 0 Å². The minimum Gasteiger partial charge on any atom is -0.439 e. The van der Waals surface area contributed by atoms with Gasteiger partial charge in [-0.2, -0.15) is 0 Å². The predicted octanol–water partition coefficient (Wildman–Crippen LogP) is 2.79. The van der Waals surface area contributed by atoms with Crippen molar-refractivity contribution in [1.29, 1.82) is 0 Å². The normalized spacial score (nSPS) is 10.5. The van der Waals surface area contributed by atoms with E-state index in [4.69, 9.17) is 15.2 Å². The second-order valence-electron chi connectivity index (χ2n) is 4.30.